The molecule has 1 aromatic heterocycles. The molecule has 104 valence electrons. The molecule has 1 rings (SSSR count). The normalized spacial score (nSPS) is 13.2. The van der Waals surface area contributed by atoms with E-state index in [4.69, 9.17) is 5.26 Å². The third kappa shape index (κ3) is 4.51. The summed E-state index contributed by atoms with van der Waals surface area (Å²) in [6.07, 6.45) is 0.464. The van der Waals surface area contributed by atoms with Crippen LogP contribution in [0, 0.1) is 11.3 Å². The summed E-state index contributed by atoms with van der Waals surface area (Å²) in [5, 5.41) is 12.0. The maximum atomic E-state index is 8.72. The summed E-state index contributed by atoms with van der Waals surface area (Å²) in [5.74, 6) is 1.94. The Balaban J connectivity index is 3.11. The summed E-state index contributed by atoms with van der Waals surface area (Å²) in [5.41, 5.74) is 1.01. The highest BCUT2D eigenvalue weighted by Gasteiger charge is 2.19. The summed E-state index contributed by atoms with van der Waals surface area (Å²) in [7, 11) is 0. The lowest BCUT2D eigenvalue weighted by Gasteiger charge is -2.21. The maximum Gasteiger partial charge on any atom is 0.133 e. The van der Waals surface area contributed by atoms with Crippen LogP contribution in [-0.4, -0.2) is 16.0 Å². The van der Waals surface area contributed by atoms with Gasteiger partial charge in [0.05, 0.1) is 18.2 Å². The molecule has 0 radical (unpaired) electrons. The topological polar surface area (TPSA) is 61.6 Å². The lowest BCUT2D eigenvalue weighted by atomic mass is 9.91. The minimum absolute atomic E-state index is 0.0124. The van der Waals surface area contributed by atoms with Gasteiger partial charge in [0, 0.05) is 23.4 Å². The van der Waals surface area contributed by atoms with Crippen LogP contribution in [0.2, 0.25) is 0 Å². The molecule has 4 heteroatoms. The Labute approximate surface area is 116 Å². The second kappa shape index (κ2) is 6.01. The number of hydrogen-bond donors (Lipinski definition) is 1. The van der Waals surface area contributed by atoms with Crippen molar-refractivity contribution in [1.82, 2.24) is 9.97 Å². The molecule has 4 nitrogen and oxygen atoms in total. The van der Waals surface area contributed by atoms with Gasteiger partial charge >= 0.3 is 0 Å². The third-order valence-corrected chi connectivity index (χ3v) is 2.82. The van der Waals surface area contributed by atoms with Crippen molar-refractivity contribution in [3.05, 3.63) is 17.6 Å². The average molecular weight is 260 g/mol. The van der Waals surface area contributed by atoms with Gasteiger partial charge in [0.2, 0.25) is 0 Å². The molecule has 0 amide bonds. The number of nitriles is 1. The molecule has 0 aromatic carbocycles. The maximum absolute atomic E-state index is 8.72. The molecule has 19 heavy (non-hydrogen) atoms. The van der Waals surface area contributed by atoms with Crippen LogP contribution in [-0.2, 0) is 5.41 Å². The van der Waals surface area contributed by atoms with Gasteiger partial charge in [0.25, 0.3) is 0 Å². The number of nitrogens with zero attached hydrogens (tertiary/aromatic N) is 3. The van der Waals surface area contributed by atoms with Crippen LogP contribution < -0.4 is 5.32 Å². The predicted octanol–water partition coefficient (Wildman–Crippen LogP) is 3.61. The summed E-state index contributed by atoms with van der Waals surface area (Å²) in [4.78, 5) is 9.18. The van der Waals surface area contributed by atoms with Gasteiger partial charge in [-0.2, -0.15) is 5.26 Å². The number of aromatic nitrogens is 2. The third-order valence-electron chi connectivity index (χ3n) is 2.82. The van der Waals surface area contributed by atoms with Crippen molar-refractivity contribution >= 4 is 5.82 Å². The second-order valence-corrected chi connectivity index (χ2v) is 6.31. The summed E-state index contributed by atoms with van der Waals surface area (Å²) in [6.45, 7) is 12.6. The van der Waals surface area contributed by atoms with Crippen LogP contribution in [0.25, 0.3) is 0 Å². The van der Waals surface area contributed by atoms with Crippen molar-refractivity contribution in [2.24, 2.45) is 0 Å². The van der Waals surface area contributed by atoms with E-state index < -0.39 is 0 Å². The van der Waals surface area contributed by atoms with Crippen molar-refractivity contribution in [2.75, 3.05) is 5.32 Å². The van der Waals surface area contributed by atoms with E-state index in [1.807, 2.05) is 13.0 Å². The van der Waals surface area contributed by atoms with Crippen molar-refractivity contribution in [2.45, 2.75) is 65.3 Å². The van der Waals surface area contributed by atoms with Gasteiger partial charge < -0.3 is 5.32 Å². The molecule has 0 spiro atoms. The Kier molecular flexibility index (Phi) is 4.88. The smallest absolute Gasteiger partial charge is 0.133 e. The Hall–Kier alpha value is -1.63. The van der Waals surface area contributed by atoms with Gasteiger partial charge in [0.15, 0.2) is 0 Å². The molecule has 1 aromatic rings. The monoisotopic (exact) mass is 260 g/mol. The fourth-order valence-electron chi connectivity index (χ4n) is 1.62. The first-order chi connectivity index (χ1) is 8.74. The zero-order valence-corrected chi connectivity index (χ0v) is 12.8. The minimum atomic E-state index is -0.0124. The highest BCUT2D eigenvalue weighted by molar-refractivity contribution is 5.39. The molecule has 0 saturated carbocycles. The molecule has 1 unspecified atom stereocenters. The first-order valence-electron chi connectivity index (χ1n) is 6.77. The number of nitrogens with one attached hydrogen (secondary N) is 1. The van der Waals surface area contributed by atoms with Crippen molar-refractivity contribution in [3.63, 3.8) is 0 Å². The van der Waals surface area contributed by atoms with Crippen LogP contribution in [0.5, 0.6) is 0 Å². The van der Waals surface area contributed by atoms with Gasteiger partial charge in [0.1, 0.15) is 11.6 Å². The summed E-state index contributed by atoms with van der Waals surface area (Å²) < 4.78 is 0. The molecular weight excluding hydrogens is 236 g/mol. The molecule has 0 aliphatic heterocycles. The van der Waals surface area contributed by atoms with Crippen molar-refractivity contribution < 1.29 is 0 Å². The molecular formula is C15H24N4. The number of rotatable bonds is 4. The van der Waals surface area contributed by atoms with E-state index in [-0.39, 0.29) is 17.4 Å². The Morgan fingerprint density at radius 1 is 1.26 bits per heavy atom. The van der Waals surface area contributed by atoms with Gasteiger partial charge in [-0.25, -0.2) is 9.97 Å². The first-order valence-corrected chi connectivity index (χ1v) is 6.77. The Morgan fingerprint density at radius 2 is 1.89 bits per heavy atom. The summed E-state index contributed by atoms with van der Waals surface area (Å²) in [6, 6.07) is 4.24. The minimum Gasteiger partial charge on any atom is -0.366 e. The van der Waals surface area contributed by atoms with Gasteiger partial charge in [-0.15, -0.1) is 0 Å². The molecule has 1 atom stereocenters. The highest BCUT2D eigenvalue weighted by Crippen LogP contribution is 2.24. The van der Waals surface area contributed by atoms with Gasteiger partial charge in [-0.05, 0) is 6.92 Å². The Morgan fingerprint density at radius 3 is 2.37 bits per heavy atom. The lowest BCUT2D eigenvalue weighted by molar-refractivity contribution is 0.558. The van der Waals surface area contributed by atoms with E-state index in [1.54, 1.807) is 0 Å². The molecule has 1 N–H and O–H groups in total. The molecule has 0 saturated heterocycles. The fraction of sp³-hybridized carbons (Fsp3) is 0.667. The predicted molar refractivity (Wildman–Crippen MR) is 78.1 cm³/mol. The van der Waals surface area contributed by atoms with Crippen LogP contribution in [0.4, 0.5) is 5.82 Å². The zero-order chi connectivity index (χ0) is 14.6. The summed E-state index contributed by atoms with van der Waals surface area (Å²) >= 11 is 0. The quantitative estimate of drug-likeness (QED) is 0.898. The van der Waals surface area contributed by atoms with E-state index in [2.05, 4.69) is 56.0 Å². The van der Waals surface area contributed by atoms with Crippen LogP contribution in [0.1, 0.15) is 65.4 Å². The van der Waals surface area contributed by atoms with Crippen molar-refractivity contribution in [3.8, 4) is 6.07 Å². The highest BCUT2D eigenvalue weighted by atomic mass is 15.0. The van der Waals surface area contributed by atoms with Gasteiger partial charge in [-0.3, -0.25) is 0 Å². The molecule has 0 bridgehead atoms. The second-order valence-electron chi connectivity index (χ2n) is 6.31. The first kappa shape index (κ1) is 15.4. The molecule has 0 aliphatic carbocycles. The standard InChI is InChI=1S/C15H24N4/c1-10(2)14-18-12(15(4,5)6)9-13(19-14)17-11(3)7-8-16/h9-11H,7H2,1-6H3,(H,17,18,19). The molecule has 1 heterocycles. The van der Waals surface area contributed by atoms with Crippen LogP contribution in [0.3, 0.4) is 0 Å². The lowest BCUT2D eigenvalue weighted by Crippen LogP contribution is -2.20. The Bertz CT molecular complexity index is 466. The van der Waals surface area contributed by atoms with E-state index >= 15 is 0 Å². The van der Waals surface area contributed by atoms with Crippen LogP contribution in [0.15, 0.2) is 6.07 Å². The van der Waals surface area contributed by atoms with E-state index in [1.165, 1.54) is 0 Å². The average Bonchev–Trinajstić information content (AvgIpc) is 2.27. The van der Waals surface area contributed by atoms with Gasteiger partial charge in [-0.1, -0.05) is 34.6 Å². The van der Waals surface area contributed by atoms with Crippen molar-refractivity contribution in [1.29, 1.82) is 5.26 Å². The molecule has 0 fully saturated rings. The van der Waals surface area contributed by atoms with E-state index in [9.17, 15) is 0 Å². The van der Waals surface area contributed by atoms with E-state index in [0.29, 0.717) is 6.42 Å². The van der Waals surface area contributed by atoms with Crippen LogP contribution >= 0.6 is 0 Å². The zero-order valence-electron chi connectivity index (χ0n) is 12.8. The number of anilines is 1. The van der Waals surface area contributed by atoms with E-state index in [0.717, 1.165) is 17.3 Å². The number of hydrogen-bond acceptors (Lipinski definition) is 4. The fourth-order valence-corrected chi connectivity index (χ4v) is 1.62. The largest absolute Gasteiger partial charge is 0.366 e. The SMILES string of the molecule is CC(CC#N)Nc1cc(C(C)(C)C)nc(C(C)C)n1. The molecule has 0 aliphatic rings.